The van der Waals surface area contributed by atoms with E-state index in [9.17, 15) is 14.4 Å². The smallest absolute Gasteiger partial charge is 0.322 e. The number of rotatable bonds is 3. The fraction of sp³-hybridized carbons (Fsp3) is 0.750. The predicted octanol–water partition coefficient (Wildman–Crippen LogP) is -1.82. The Kier molecular flexibility index (Phi) is 2.94. The largest absolute Gasteiger partial charge is 0.363 e. The molecule has 8 heteroatoms. The molecule has 3 rings (SSSR count). The van der Waals surface area contributed by atoms with Crippen molar-refractivity contribution in [3.05, 3.63) is 0 Å². The van der Waals surface area contributed by atoms with Gasteiger partial charge in [-0.1, -0.05) is 0 Å². The summed E-state index contributed by atoms with van der Waals surface area (Å²) in [4.78, 5) is 36.7. The lowest BCUT2D eigenvalue weighted by Gasteiger charge is -2.39. The second-order valence-corrected chi connectivity index (χ2v) is 5.90. The summed E-state index contributed by atoms with van der Waals surface area (Å²) in [5.74, 6) is -0.502. The minimum Gasteiger partial charge on any atom is -0.363 e. The first-order chi connectivity index (χ1) is 9.42. The molecule has 110 valence electrons. The van der Waals surface area contributed by atoms with Gasteiger partial charge in [-0.15, -0.1) is 0 Å². The van der Waals surface area contributed by atoms with Crippen LogP contribution in [0.15, 0.2) is 0 Å². The Bertz CT molecular complexity index is 476. The molecule has 0 bridgehead atoms. The molecule has 3 N–H and O–H groups in total. The zero-order chi connectivity index (χ0) is 14.4. The maximum Gasteiger partial charge on any atom is 0.322 e. The van der Waals surface area contributed by atoms with E-state index < -0.39 is 11.6 Å². The number of hydrogen-bond donors (Lipinski definition) is 3. The molecule has 0 aromatic heterocycles. The van der Waals surface area contributed by atoms with Crippen molar-refractivity contribution in [2.45, 2.75) is 24.5 Å². The molecule has 3 aliphatic rings. The van der Waals surface area contributed by atoms with E-state index >= 15 is 0 Å². The van der Waals surface area contributed by atoms with E-state index in [0.29, 0.717) is 13.0 Å². The van der Waals surface area contributed by atoms with E-state index in [1.807, 2.05) is 6.92 Å². The molecule has 1 unspecified atom stereocenters. The molecule has 0 aromatic rings. The first-order valence-electron chi connectivity index (χ1n) is 6.69. The summed E-state index contributed by atoms with van der Waals surface area (Å²) < 4.78 is 5.60. The molecule has 1 atom stereocenters. The summed E-state index contributed by atoms with van der Waals surface area (Å²) in [6.07, 6.45) is 0.440. The molecular formula is C12H18N4O4. The minimum absolute atomic E-state index is 0.00380. The van der Waals surface area contributed by atoms with Crippen molar-refractivity contribution in [2.24, 2.45) is 0 Å². The topological polar surface area (TPSA) is 99.8 Å². The Labute approximate surface area is 116 Å². The molecule has 8 nitrogen and oxygen atoms in total. The van der Waals surface area contributed by atoms with Gasteiger partial charge in [0.2, 0.25) is 5.91 Å². The fourth-order valence-corrected chi connectivity index (χ4v) is 2.74. The maximum atomic E-state index is 12.1. The molecule has 0 radical (unpaired) electrons. The van der Waals surface area contributed by atoms with Crippen LogP contribution in [0.2, 0.25) is 0 Å². The van der Waals surface area contributed by atoms with Crippen molar-refractivity contribution in [1.82, 2.24) is 20.9 Å². The SMILES string of the molecule is CC1(OCC(=O)N2CCC3(C2)NC(=O)NC3=O)CNC1. The highest BCUT2D eigenvalue weighted by atomic mass is 16.5. The third-order valence-electron chi connectivity index (χ3n) is 4.18. The molecule has 3 fully saturated rings. The standard InChI is InChI=1S/C12H18N4O4/c1-11(5-13-6-11)20-4-8(17)16-3-2-12(7-16)9(18)14-10(19)15-12/h13H,2-7H2,1H3,(H2,14,15,18,19). The number of ether oxygens (including phenoxy) is 1. The highest BCUT2D eigenvalue weighted by molar-refractivity contribution is 6.07. The third-order valence-corrected chi connectivity index (χ3v) is 4.18. The Morgan fingerprint density at radius 2 is 2.15 bits per heavy atom. The van der Waals surface area contributed by atoms with Crippen molar-refractivity contribution in [3.8, 4) is 0 Å². The summed E-state index contributed by atoms with van der Waals surface area (Å²) >= 11 is 0. The molecule has 1 spiro atoms. The number of nitrogens with zero attached hydrogens (tertiary/aromatic N) is 1. The second-order valence-electron chi connectivity index (χ2n) is 5.90. The second kappa shape index (κ2) is 4.42. The van der Waals surface area contributed by atoms with Gasteiger partial charge in [-0.05, 0) is 13.3 Å². The monoisotopic (exact) mass is 282 g/mol. The highest BCUT2D eigenvalue weighted by Crippen LogP contribution is 2.25. The summed E-state index contributed by atoms with van der Waals surface area (Å²) in [5, 5.41) is 7.93. The number of likely N-dealkylation sites (tertiary alicyclic amines) is 1. The van der Waals surface area contributed by atoms with Gasteiger partial charge in [-0.3, -0.25) is 14.9 Å². The van der Waals surface area contributed by atoms with E-state index in [0.717, 1.165) is 13.1 Å². The average molecular weight is 282 g/mol. The zero-order valence-electron chi connectivity index (χ0n) is 11.3. The number of hydrogen-bond acceptors (Lipinski definition) is 5. The van der Waals surface area contributed by atoms with Gasteiger partial charge in [0, 0.05) is 19.6 Å². The van der Waals surface area contributed by atoms with Crippen LogP contribution in [0.3, 0.4) is 0 Å². The van der Waals surface area contributed by atoms with Gasteiger partial charge in [-0.25, -0.2) is 4.79 Å². The van der Waals surface area contributed by atoms with Crippen LogP contribution in [0, 0.1) is 0 Å². The summed E-state index contributed by atoms with van der Waals surface area (Å²) in [6.45, 7) is 4.09. The van der Waals surface area contributed by atoms with Gasteiger partial charge in [0.1, 0.15) is 12.1 Å². The van der Waals surface area contributed by atoms with Gasteiger partial charge in [-0.2, -0.15) is 0 Å². The van der Waals surface area contributed by atoms with Crippen molar-refractivity contribution >= 4 is 17.8 Å². The number of carbonyl (C=O) groups is 3. The summed E-state index contributed by atoms with van der Waals surface area (Å²) in [7, 11) is 0. The lowest BCUT2D eigenvalue weighted by Crippen LogP contribution is -2.59. The van der Waals surface area contributed by atoms with Crippen LogP contribution in [0.25, 0.3) is 0 Å². The first kappa shape index (κ1) is 13.3. The van der Waals surface area contributed by atoms with Gasteiger partial charge >= 0.3 is 6.03 Å². The number of urea groups is 1. The van der Waals surface area contributed by atoms with Crippen LogP contribution >= 0.6 is 0 Å². The minimum atomic E-state index is -0.950. The Morgan fingerprint density at radius 3 is 2.70 bits per heavy atom. The van der Waals surface area contributed by atoms with E-state index in [1.54, 1.807) is 4.90 Å². The van der Waals surface area contributed by atoms with Crippen molar-refractivity contribution < 1.29 is 19.1 Å². The number of amides is 4. The van der Waals surface area contributed by atoms with Crippen molar-refractivity contribution in [2.75, 3.05) is 32.8 Å². The van der Waals surface area contributed by atoms with Crippen LogP contribution in [0.1, 0.15) is 13.3 Å². The Balaban J connectivity index is 1.55. The molecule has 20 heavy (non-hydrogen) atoms. The Hall–Kier alpha value is -1.67. The molecule has 3 aliphatic heterocycles. The van der Waals surface area contributed by atoms with Gasteiger partial charge in [0.15, 0.2) is 0 Å². The quantitative estimate of drug-likeness (QED) is 0.529. The van der Waals surface area contributed by atoms with Crippen LogP contribution in [-0.4, -0.2) is 66.7 Å². The van der Waals surface area contributed by atoms with Crippen molar-refractivity contribution in [3.63, 3.8) is 0 Å². The summed E-state index contributed by atoms with van der Waals surface area (Å²) in [6, 6.07) is -0.492. The van der Waals surface area contributed by atoms with Gasteiger partial charge in [0.05, 0.1) is 12.1 Å². The molecule has 0 aromatic carbocycles. The number of nitrogens with one attached hydrogen (secondary N) is 3. The third kappa shape index (κ3) is 2.14. The number of imide groups is 1. The zero-order valence-corrected chi connectivity index (χ0v) is 11.3. The summed E-state index contributed by atoms with van der Waals surface area (Å²) in [5.41, 5.74) is -1.22. The molecule has 3 heterocycles. The first-order valence-corrected chi connectivity index (χ1v) is 6.69. The molecule has 4 amide bonds. The van der Waals surface area contributed by atoms with Crippen LogP contribution in [0.4, 0.5) is 4.79 Å². The Morgan fingerprint density at radius 1 is 1.40 bits per heavy atom. The lowest BCUT2D eigenvalue weighted by molar-refractivity contribution is -0.145. The van der Waals surface area contributed by atoms with E-state index in [1.165, 1.54) is 0 Å². The lowest BCUT2D eigenvalue weighted by atomic mass is 9.99. The molecular weight excluding hydrogens is 264 g/mol. The maximum absolute atomic E-state index is 12.1. The van der Waals surface area contributed by atoms with Gasteiger partial charge < -0.3 is 20.3 Å². The van der Waals surface area contributed by atoms with E-state index in [-0.39, 0.29) is 30.6 Å². The van der Waals surface area contributed by atoms with Crippen molar-refractivity contribution in [1.29, 1.82) is 0 Å². The van der Waals surface area contributed by atoms with Crippen LogP contribution in [-0.2, 0) is 14.3 Å². The highest BCUT2D eigenvalue weighted by Gasteiger charge is 2.51. The molecule has 0 aliphatic carbocycles. The molecule has 3 saturated heterocycles. The average Bonchev–Trinajstić information content (AvgIpc) is 2.89. The predicted molar refractivity (Wildman–Crippen MR) is 67.8 cm³/mol. The van der Waals surface area contributed by atoms with Crippen LogP contribution < -0.4 is 16.0 Å². The number of carbonyl (C=O) groups excluding carboxylic acids is 3. The van der Waals surface area contributed by atoms with Crippen LogP contribution in [0.5, 0.6) is 0 Å². The van der Waals surface area contributed by atoms with E-state index in [4.69, 9.17) is 4.74 Å². The van der Waals surface area contributed by atoms with E-state index in [2.05, 4.69) is 16.0 Å². The fourth-order valence-electron chi connectivity index (χ4n) is 2.74. The normalized spacial score (nSPS) is 31.1. The molecule has 0 saturated carbocycles. The van der Waals surface area contributed by atoms with Gasteiger partial charge in [0.25, 0.3) is 5.91 Å².